The Morgan fingerprint density at radius 1 is 1.29 bits per heavy atom. The third kappa shape index (κ3) is 3.86. The minimum absolute atomic E-state index is 0.531. The zero-order valence-electron chi connectivity index (χ0n) is 13.0. The normalized spacial score (nSPS) is 21.0. The molecule has 0 radical (unpaired) electrons. The van der Waals surface area contributed by atoms with Crippen LogP contribution >= 0.6 is 11.6 Å². The molecule has 1 unspecified atom stereocenters. The summed E-state index contributed by atoms with van der Waals surface area (Å²) in [5.74, 6) is 2.95. The van der Waals surface area contributed by atoms with Crippen LogP contribution in [0.15, 0.2) is 6.07 Å². The van der Waals surface area contributed by atoms with Gasteiger partial charge in [-0.25, -0.2) is 9.97 Å². The van der Waals surface area contributed by atoms with Crippen molar-refractivity contribution in [3.8, 4) is 0 Å². The molecule has 2 fully saturated rings. The van der Waals surface area contributed by atoms with Gasteiger partial charge in [0, 0.05) is 24.6 Å². The first-order chi connectivity index (χ1) is 10.1. The van der Waals surface area contributed by atoms with Crippen LogP contribution in [-0.4, -0.2) is 40.5 Å². The van der Waals surface area contributed by atoms with E-state index in [4.69, 9.17) is 11.6 Å². The van der Waals surface area contributed by atoms with Crippen molar-refractivity contribution in [2.75, 3.05) is 25.0 Å². The van der Waals surface area contributed by atoms with Gasteiger partial charge in [0.25, 0.3) is 0 Å². The van der Waals surface area contributed by atoms with E-state index < -0.39 is 0 Å². The summed E-state index contributed by atoms with van der Waals surface area (Å²) in [4.78, 5) is 11.6. The molecule has 1 saturated heterocycles. The lowest BCUT2D eigenvalue weighted by atomic mass is 10.0. The van der Waals surface area contributed by atoms with Gasteiger partial charge >= 0.3 is 0 Å². The Balaban J connectivity index is 1.64. The highest BCUT2D eigenvalue weighted by Crippen LogP contribution is 2.38. The van der Waals surface area contributed by atoms with Crippen molar-refractivity contribution in [3.63, 3.8) is 0 Å². The summed E-state index contributed by atoms with van der Waals surface area (Å²) in [7, 11) is 0. The van der Waals surface area contributed by atoms with E-state index in [1.165, 1.54) is 38.8 Å². The standard InChI is InChI=1S/C16H25ClN4/c1-11(2)13(21-7-3-4-8-21)10-18-15-9-14(17)19-16(20-15)12-5-6-12/h9,11-13H,3-8,10H2,1-2H3,(H,18,19,20). The maximum absolute atomic E-state index is 6.13. The maximum Gasteiger partial charge on any atom is 0.135 e. The molecule has 1 aromatic rings. The lowest BCUT2D eigenvalue weighted by molar-refractivity contribution is 0.201. The third-order valence-corrected chi connectivity index (χ3v) is 4.72. The van der Waals surface area contributed by atoms with E-state index in [1.807, 2.05) is 6.07 Å². The molecule has 21 heavy (non-hydrogen) atoms. The molecule has 1 aliphatic heterocycles. The van der Waals surface area contributed by atoms with Crippen LogP contribution < -0.4 is 5.32 Å². The predicted molar refractivity (Wildman–Crippen MR) is 86.9 cm³/mol. The fourth-order valence-electron chi connectivity index (χ4n) is 3.12. The summed E-state index contributed by atoms with van der Waals surface area (Å²) in [5.41, 5.74) is 0. The van der Waals surface area contributed by atoms with Gasteiger partial charge in [0.1, 0.15) is 16.8 Å². The smallest absolute Gasteiger partial charge is 0.135 e. The Morgan fingerprint density at radius 2 is 2.00 bits per heavy atom. The molecule has 1 atom stereocenters. The van der Waals surface area contributed by atoms with Gasteiger partial charge in [-0.1, -0.05) is 25.4 Å². The van der Waals surface area contributed by atoms with Crippen molar-refractivity contribution in [2.45, 2.75) is 51.5 Å². The highest BCUT2D eigenvalue weighted by atomic mass is 35.5. The second kappa shape index (κ2) is 6.49. The molecule has 0 bridgehead atoms. The van der Waals surface area contributed by atoms with E-state index in [2.05, 4.69) is 34.0 Å². The van der Waals surface area contributed by atoms with Crippen molar-refractivity contribution in [2.24, 2.45) is 5.92 Å². The SMILES string of the molecule is CC(C)C(CNc1cc(Cl)nc(C2CC2)n1)N1CCCC1. The summed E-state index contributed by atoms with van der Waals surface area (Å²) in [6, 6.07) is 2.40. The average molecular weight is 309 g/mol. The molecule has 2 aliphatic rings. The Morgan fingerprint density at radius 3 is 2.62 bits per heavy atom. The molecule has 0 spiro atoms. The number of rotatable bonds is 6. The van der Waals surface area contributed by atoms with Crippen molar-refractivity contribution >= 4 is 17.4 Å². The van der Waals surface area contributed by atoms with Crippen molar-refractivity contribution in [1.82, 2.24) is 14.9 Å². The molecule has 1 saturated carbocycles. The molecule has 1 aliphatic carbocycles. The van der Waals surface area contributed by atoms with Gasteiger partial charge in [-0.15, -0.1) is 0 Å². The van der Waals surface area contributed by atoms with Crippen molar-refractivity contribution < 1.29 is 0 Å². The first-order valence-corrected chi connectivity index (χ1v) is 8.53. The molecule has 4 nitrogen and oxygen atoms in total. The number of aromatic nitrogens is 2. The Bertz CT molecular complexity index is 481. The van der Waals surface area contributed by atoms with E-state index in [-0.39, 0.29) is 0 Å². The number of nitrogens with one attached hydrogen (secondary N) is 1. The molecule has 3 rings (SSSR count). The summed E-state index contributed by atoms with van der Waals surface area (Å²) in [6.45, 7) is 7.97. The molecule has 0 aromatic carbocycles. The summed E-state index contributed by atoms with van der Waals surface area (Å²) in [6.07, 6.45) is 5.05. The van der Waals surface area contributed by atoms with Gasteiger partial charge in [-0.05, 0) is 44.7 Å². The van der Waals surface area contributed by atoms with Crippen LogP contribution in [0.25, 0.3) is 0 Å². The molecule has 1 N–H and O–H groups in total. The van der Waals surface area contributed by atoms with E-state index >= 15 is 0 Å². The predicted octanol–water partition coefficient (Wildman–Crippen LogP) is 3.54. The molecular formula is C16H25ClN4. The van der Waals surface area contributed by atoms with E-state index in [0.29, 0.717) is 23.0 Å². The minimum Gasteiger partial charge on any atom is -0.368 e. The Hall–Kier alpha value is -0.870. The van der Waals surface area contributed by atoms with Crippen LogP contribution in [0.1, 0.15) is 51.3 Å². The Labute approximate surface area is 132 Å². The van der Waals surface area contributed by atoms with E-state index in [1.54, 1.807) is 0 Å². The average Bonchev–Trinajstić information content (AvgIpc) is 3.16. The highest BCUT2D eigenvalue weighted by molar-refractivity contribution is 6.29. The van der Waals surface area contributed by atoms with Crippen LogP contribution in [0.4, 0.5) is 5.82 Å². The second-order valence-corrected chi connectivity index (χ2v) is 7.03. The van der Waals surface area contributed by atoms with Gasteiger partial charge in [0.15, 0.2) is 0 Å². The fraction of sp³-hybridized carbons (Fsp3) is 0.750. The zero-order chi connectivity index (χ0) is 14.8. The number of nitrogens with zero attached hydrogens (tertiary/aromatic N) is 3. The lowest BCUT2D eigenvalue weighted by Gasteiger charge is -2.31. The Kier molecular flexibility index (Phi) is 4.65. The molecule has 0 amide bonds. The van der Waals surface area contributed by atoms with Gasteiger partial charge < -0.3 is 5.32 Å². The number of hydrogen-bond acceptors (Lipinski definition) is 4. The topological polar surface area (TPSA) is 41.1 Å². The van der Waals surface area contributed by atoms with Crippen molar-refractivity contribution in [3.05, 3.63) is 17.0 Å². The van der Waals surface area contributed by atoms with Crippen molar-refractivity contribution in [1.29, 1.82) is 0 Å². The third-order valence-electron chi connectivity index (χ3n) is 4.53. The number of anilines is 1. The molecule has 116 valence electrons. The van der Waals surface area contributed by atoms with Crippen LogP contribution in [-0.2, 0) is 0 Å². The van der Waals surface area contributed by atoms with Gasteiger partial charge in [0.05, 0.1) is 0 Å². The monoisotopic (exact) mass is 308 g/mol. The second-order valence-electron chi connectivity index (χ2n) is 6.64. The highest BCUT2D eigenvalue weighted by Gasteiger charge is 2.28. The fourth-order valence-corrected chi connectivity index (χ4v) is 3.31. The number of likely N-dealkylation sites (tertiary alicyclic amines) is 1. The molecule has 1 aromatic heterocycles. The first kappa shape index (κ1) is 15.0. The lowest BCUT2D eigenvalue weighted by Crippen LogP contribution is -2.42. The van der Waals surface area contributed by atoms with E-state index in [9.17, 15) is 0 Å². The zero-order valence-corrected chi connectivity index (χ0v) is 13.7. The number of halogens is 1. The van der Waals surface area contributed by atoms with Gasteiger partial charge in [-0.3, -0.25) is 4.90 Å². The minimum atomic E-state index is 0.531. The summed E-state index contributed by atoms with van der Waals surface area (Å²) in [5, 5.41) is 4.04. The largest absolute Gasteiger partial charge is 0.368 e. The van der Waals surface area contributed by atoms with Crippen LogP contribution in [0, 0.1) is 5.92 Å². The number of hydrogen-bond donors (Lipinski definition) is 1. The van der Waals surface area contributed by atoms with E-state index in [0.717, 1.165) is 18.2 Å². The molecule has 5 heteroatoms. The van der Waals surface area contributed by atoms with Gasteiger partial charge in [0.2, 0.25) is 0 Å². The van der Waals surface area contributed by atoms with Crippen LogP contribution in [0.5, 0.6) is 0 Å². The first-order valence-electron chi connectivity index (χ1n) is 8.16. The quantitative estimate of drug-likeness (QED) is 0.816. The summed E-state index contributed by atoms with van der Waals surface area (Å²) < 4.78 is 0. The van der Waals surface area contributed by atoms with Crippen LogP contribution in [0.2, 0.25) is 5.15 Å². The van der Waals surface area contributed by atoms with Crippen LogP contribution in [0.3, 0.4) is 0 Å². The molecular weight excluding hydrogens is 284 g/mol. The molecule has 2 heterocycles. The summed E-state index contributed by atoms with van der Waals surface area (Å²) >= 11 is 6.13. The maximum atomic E-state index is 6.13. The van der Waals surface area contributed by atoms with Gasteiger partial charge in [-0.2, -0.15) is 0 Å².